The second-order valence-electron chi connectivity index (χ2n) is 5.94. The molecule has 2 heteroatoms. The molecule has 0 heterocycles. The molecule has 0 saturated heterocycles. The number of rotatable bonds is 13. The summed E-state index contributed by atoms with van der Waals surface area (Å²) < 4.78 is 0. The van der Waals surface area contributed by atoms with Crippen molar-refractivity contribution in [1.29, 1.82) is 0 Å². The molecule has 0 spiro atoms. The maximum atomic E-state index is 9.00. The number of aliphatic hydroxyl groups excluding tert-OH is 1. The molecular formula is C16H35NO. The summed E-state index contributed by atoms with van der Waals surface area (Å²) in [4.78, 5) is 0. The smallest absolute Gasteiger partial charge is 0.0456 e. The van der Waals surface area contributed by atoms with E-state index in [9.17, 15) is 0 Å². The molecule has 0 aliphatic rings. The Hall–Kier alpha value is -0.0800. The van der Waals surface area contributed by atoms with Crippen LogP contribution in [0.4, 0.5) is 0 Å². The lowest BCUT2D eigenvalue weighted by molar-refractivity contribution is 0.213. The summed E-state index contributed by atoms with van der Waals surface area (Å²) in [6.45, 7) is 9.32. The van der Waals surface area contributed by atoms with E-state index >= 15 is 0 Å². The van der Waals surface area contributed by atoms with Gasteiger partial charge in [-0.3, -0.25) is 0 Å². The third kappa shape index (κ3) is 12.4. The van der Waals surface area contributed by atoms with Crippen LogP contribution in [0.15, 0.2) is 0 Å². The van der Waals surface area contributed by atoms with Gasteiger partial charge in [-0.2, -0.15) is 0 Å². The summed E-state index contributed by atoms with van der Waals surface area (Å²) in [6.07, 6.45) is 10.6. The van der Waals surface area contributed by atoms with E-state index in [1.807, 2.05) is 0 Å². The van der Waals surface area contributed by atoms with Crippen LogP contribution < -0.4 is 5.32 Å². The standard InChI is InChI=1S/C16H35NO/c1-4-5-6-7-8-9-11-17-12-10-15(2)13-16(3)14-18/h15-18H,4-14H2,1-3H3/t15-,16+/m1/s1. The van der Waals surface area contributed by atoms with Crippen LogP contribution in [0.1, 0.15) is 72.1 Å². The lowest BCUT2D eigenvalue weighted by atomic mass is 9.95. The van der Waals surface area contributed by atoms with Gasteiger partial charge in [-0.15, -0.1) is 0 Å². The minimum Gasteiger partial charge on any atom is -0.396 e. The van der Waals surface area contributed by atoms with Crippen LogP contribution in [0, 0.1) is 11.8 Å². The van der Waals surface area contributed by atoms with Gasteiger partial charge >= 0.3 is 0 Å². The summed E-state index contributed by atoms with van der Waals surface area (Å²) in [7, 11) is 0. The van der Waals surface area contributed by atoms with Crippen molar-refractivity contribution in [2.24, 2.45) is 11.8 Å². The molecule has 0 radical (unpaired) electrons. The fourth-order valence-corrected chi connectivity index (χ4v) is 2.38. The predicted molar refractivity (Wildman–Crippen MR) is 80.9 cm³/mol. The van der Waals surface area contributed by atoms with Crippen molar-refractivity contribution in [1.82, 2.24) is 5.32 Å². The Balaban J connectivity index is 3.15. The number of unbranched alkanes of at least 4 members (excludes halogenated alkanes) is 5. The van der Waals surface area contributed by atoms with Crippen molar-refractivity contribution in [2.75, 3.05) is 19.7 Å². The van der Waals surface area contributed by atoms with E-state index in [-0.39, 0.29) is 0 Å². The topological polar surface area (TPSA) is 32.3 Å². The average Bonchev–Trinajstić information content (AvgIpc) is 2.36. The molecule has 0 aromatic carbocycles. The molecule has 0 aliphatic carbocycles. The van der Waals surface area contributed by atoms with E-state index in [0.29, 0.717) is 12.5 Å². The molecule has 2 N–H and O–H groups in total. The van der Waals surface area contributed by atoms with Crippen LogP contribution in [0.5, 0.6) is 0 Å². The van der Waals surface area contributed by atoms with Crippen LogP contribution in [-0.2, 0) is 0 Å². The number of aliphatic hydroxyl groups is 1. The second kappa shape index (κ2) is 13.4. The molecule has 0 saturated carbocycles. The maximum absolute atomic E-state index is 9.00. The fraction of sp³-hybridized carbons (Fsp3) is 1.00. The Morgan fingerprint density at radius 1 is 0.889 bits per heavy atom. The highest BCUT2D eigenvalue weighted by molar-refractivity contribution is 4.60. The molecule has 2 nitrogen and oxygen atoms in total. The summed E-state index contributed by atoms with van der Waals surface area (Å²) in [5.41, 5.74) is 0. The summed E-state index contributed by atoms with van der Waals surface area (Å²) in [5, 5.41) is 12.5. The van der Waals surface area contributed by atoms with Crippen molar-refractivity contribution in [3.05, 3.63) is 0 Å². The molecule has 0 fully saturated rings. The van der Waals surface area contributed by atoms with E-state index in [1.54, 1.807) is 0 Å². The Bertz CT molecular complexity index is 161. The fourth-order valence-electron chi connectivity index (χ4n) is 2.38. The summed E-state index contributed by atoms with van der Waals surface area (Å²) in [5.74, 6) is 1.18. The lowest BCUT2D eigenvalue weighted by Gasteiger charge is -2.15. The average molecular weight is 257 g/mol. The summed E-state index contributed by atoms with van der Waals surface area (Å²) >= 11 is 0. The van der Waals surface area contributed by atoms with Gasteiger partial charge in [0.15, 0.2) is 0 Å². The monoisotopic (exact) mass is 257 g/mol. The third-order valence-corrected chi connectivity index (χ3v) is 3.64. The Morgan fingerprint density at radius 2 is 1.56 bits per heavy atom. The molecule has 0 bridgehead atoms. The Labute approximate surface area is 115 Å². The molecular weight excluding hydrogens is 222 g/mol. The minimum absolute atomic E-state index is 0.329. The van der Waals surface area contributed by atoms with Gasteiger partial charge in [-0.05, 0) is 44.2 Å². The zero-order valence-corrected chi connectivity index (χ0v) is 12.9. The van der Waals surface area contributed by atoms with E-state index in [2.05, 4.69) is 26.1 Å². The van der Waals surface area contributed by atoms with E-state index in [0.717, 1.165) is 18.9 Å². The van der Waals surface area contributed by atoms with Gasteiger partial charge in [0.05, 0.1) is 0 Å². The minimum atomic E-state index is 0.329. The first-order valence-electron chi connectivity index (χ1n) is 8.02. The number of nitrogens with one attached hydrogen (secondary N) is 1. The van der Waals surface area contributed by atoms with Crippen LogP contribution in [0.3, 0.4) is 0 Å². The van der Waals surface area contributed by atoms with Crippen LogP contribution in [-0.4, -0.2) is 24.8 Å². The zero-order chi connectivity index (χ0) is 13.6. The highest BCUT2D eigenvalue weighted by atomic mass is 16.3. The molecule has 2 atom stereocenters. The quantitative estimate of drug-likeness (QED) is 0.489. The largest absolute Gasteiger partial charge is 0.396 e. The zero-order valence-electron chi connectivity index (χ0n) is 12.9. The van der Waals surface area contributed by atoms with Crippen molar-refractivity contribution in [3.63, 3.8) is 0 Å². The van der Waals surface area contributed by atoms with Gasteiger partial charge in [0.25, 0.3) is 0 Å². The summed E-state index contributed by atoms with van der Waals surface area (Å²) in [6, 6.07) is 0. The molecule has 0 amide bonds. The van der Waals surface area contributed by atoms with E-state index in [4.69, 9.17) is 5.11 Å². The van der Waals surface area contributed by atoms with Crippen LogP contribution in [0.25, 0.3) is 0 Å². The van der Waals surface area contributed by atoms with E-state index < -0.39 is 0 Å². The molecule has 110 valence electrons. The number of hydrogen-bond acceptors (Lipinski definition) is 2. The van der Waals surface area contributed by atoms with Crippen LogP contribution in [0.2, 0.25) is 0 Å². The first-order valence-corrected chi connectivity index (χ1v) is 8.02. The van der Waals surface area contributed by atoms with Crippen molar-refractivity contribution in [3.8, 4) is 0 Å². The van der Waals surface area contributed by atoms with E-state index in [1.165, 1.54) is 51.5 Å². The Morgan fingerprint density at radius 3 is 2.22 bits per heavy atom. The first kappa shape index (κ1) is 17.9. The highest BCUT2D eigenvalue weighted by Gasteiger charge is 2.07. The number of hydrogen-bond donors (Lipinski definition) is 2. The van der Waals surface area contributed by atoms with Crippen molar-refractivity contribution in [2.45, 2.75) is 72.1 Å². The molecule has 0 rings (SSSR count). The molecule has 0 unspecified atom stereocenters. The molecule has 18 heavy (non-hydrogen) atoms. The second-order valence-corrected chi connectivity index (χ2v) is 5.94. The van der Waals surface area contributed by atoms with Gasteiger partial charge in [0.1, 0.15) is 0 Å². The molecule has 0 aromatic heterocycles. The third-order valence-electron chi connectivity index (χ3n) is 3.64. The molecule has 0 aromatic rings. The lowest BCUT2D eigenvalue weighted by Crippen LogP contribution is -2.19. The van der Waals surface area contributed by atoms with Gasteiger partial charge in [-0.25, -0.2) is 0 Å². The Kier molecular flexibility index (Phi) is 13.3. The normalized spacial score (nSPS) is 14.7. The SMILES string of the molecule is CCCCCCCCNCC[C@@H](C)C[C@H](C)CO. The highest BCUT2D eigenvalue weighted by Crippen LogP contribution is 2.13. The van der Waals surface area contributed by atoms with Crippen molar-refractivity contribution >= 4 is 0 Å². The molecule has 0 aliphatic heterocycles. The van der Waals surface area contributed by atoms with Crippen LogP contribution >= 0.6 is 0 Å². The van der Waals surface area contributed by atoms with Gasteiger partial charge in [0.2, 0.25) is 0 Å². The van der Waals surface area contributed by atoms with Gasteiger partial charge in [0, 0.05) is 6.61 Å². The first-order chi connectivity index (χ1) is 8.70. The predicted octanol–water partition coefficient (Wildman–Crippen LogP) is 3.98. The van der Waals surface area contributed by atoms with Gasteiger partial charge < -0.3 is 10.4 Å². The maximum Gasteiger partial charge on any atom is 0.0456 e. The van der Waals surface area contributed by atoms with Gasteiger partial charge in [-0.1, -0.05) is 52.9 Å². The van der Waals surface area contributed by atoms with Crippen molar-refractivity contribution < 1.29 is 5.11 Å².